The van der Waals surface area contributed by atoms with Gasteiger partial charge in [0.25, 0.3) is 0 Å². The Kier molecular flexibility index (Phi) is 5.05. The van der Waals surface area contributed by atoms with Crippen molar-refractivity contribution in [1.82, 2.24) is 5.43 Å². The molecule has 0 radical (unpaired) electrons. The summed E-state index contributed by atoms with van der Waals surface area (Å²) in [6, 6.07) is 4.70. The first-order chi connectivity index (χ1) is 6.36. The number of unbranched alkanes of at least 4 members (excludes halogenated alkanes) is 1. The van der Waals surface area contributed by atoms with E-state index in [2.05, 4.69) is 29.9 Å². The highest BCUT2D eigenvalue weighted by atomic mass is 32.1. The number of hydrogen-bond acceptors (Lipinski definition) is 3. The molecule has 0 spiro atoms. The van der Waals surface area contributed by atoms with E-state index in [1.165, 1.54) is 24.1 Å². The van der Waals surface area contributed by atoms with E-state index in [0.717, 1.165) is 6.42 Å². The fraction of sp³-hybridized carbons (Fsp3) is 0.600. The third-order valence-electron chi connectivity index (χ3n) is 2.17. The largest absolute Gasteiger partial charge is 0.271 e. The minimum atomic E-state index is 0.443. The summed E-state index contributed by atoms with van der Waals surface area (Å²) < 4.78 is 0. The lowest BCUT2D eigenvalue weighted by Crippen LogP contribution is -2.36. The predicted octanol–water partition coefficient (Wildman–Crippen LogP) is 2.31. The van der Waals surface area contributed by atoms with Crippen molar-refractivity contribution >= 4 is 11.3 Å². The zero-order valence-corrected chi connectivity index (χ0v) is 8.94. The molecule has 13 heavy (non-hydrogen) atoms. The lowest BCUT2D eigenvalue weighted by atomic mass is 10.1. The third-order valence-corrected chi connectivity index (χ3v) is 3.07. The van der Waals surface area contributed by atoms with Crippen molar-refractivity contribution in [2.45, 2.75) is 38.6 Å². The molecule has 74 valence electrons. The van der Waals surface area contributed by atoms with Crippen molar-refractivity contribution in [1.29, 1.82) is 0 Å². The van der Waals surface area contributed by atoms with Crippen LogP contribution in [0.5, 0.6) is 0 Å². The number of nitrogens with two attached hydrogens (primary N) is 1. The highest BCUT2D eigenvalue weighted by Gasteiger charge is 2.06. The van der Waals surface area contributed by atoms with Gasteiger partial charge in [0.1, 0.15) is 0 Å². The third kappa shape index (κ3) is 3.89. The van der Waals surface area contributed by atoms with Gasteiger partial charge in [-0.1, -0.05) is 25.8 Å². The molecular formula is C10H18N2S. The Morgan fingerprint density at radius 1 is 1.62 bits per heavy atom. The second-order valence-corrected chi connectivity index (χ2v) is 4.32. The molecule has 1 unspecified atom stereocenters. The van der Waals surface area contributed by atoms with Gasteiger partial charge >= 0.3 is 0 Å². The number of hydrazine groups is 1. The lowest BCUT2D eigenvalue weighted by Gasteiger charge is -2.13. The van der Waals surface area contributed by atoms with Crippen LogP contribution in [0.2, 0.25) is 0 Å². The number of rotatable bonds is 6. The molecule has 0 aliphatic heterocycles. The molecule has 0 saturated carbocycles. The minimum absolute atomic E-state index is 0.443. The number of nitrogens with one attached hydrogen (secondary N) is 1. The molecule has 0 aliphatic rings. The summed E-state index contributed by atoms with van der Waals surface area (Å²) in [5, 5.41) is 2.11. The molecule has 0 aromatic carbocycles. The summed E-state index contributed by atoms with van der Waals surface area (Å²) in [5.74, 6) is 5.48. The van der Waals surface area contributed by atoms with Crippen LogP contribution in [0.4, 0.5) is 0 Å². The van der Waals surface area contributed by atoms with Crippen LogP contribution in [0.25, 0.3) is 0 Å². The lowest BCUT2D eigenvalue weighted by molar-refractivity contribution is 0.476. The Hall–Kier alpha value is -0.380. The van der Waals surface area contributed by atoms with E-state index in [9.17, 15) is 0 Å². The summed E-state index contributed by atoms with van der Waals surface area (Å²) in [5.41, 5.74) is 2.88. The van der Waals surface area contributed by atoms with Gasteiger partial charge in [0.05, 0.1) is 0 Å². The zero-order chi connectivity index (χ0) is 9.52. The van der Waals surface area contributed by atoms with Crippen molar-refractivity contribution in [3.05, 3.63) is 22.4 Å². The van der Waals surface area contributed by atoms with Gasteiger partial charge in [-0.25, -0.2) is 0 Å². The Bertz CT molecular complexity index is 209. The topological polar surface area (TPSA) is 38.0 Å². The number of hydrogen-bond donors (Lipinski definition) is 2. The van der Waals surface area contributed by atoms with E-state index in [1.807, 2.05) is 0 Å². The van der Waals surface area contributed by atoms with Crippen molar-refractivity contribution in [2.75, 3.05) is 0 Å². The average molecular weight is 198 g/mol. The second kappa shape index (κ2) is 6.13. The molecule has 0 fully saturated rings. The molecule has 3 N–H and O–H groups in total. The first-order valence-electron chi connectivity index (χ1n) is 4.85. The zero-order valence-electron chi connectivity index (χ0n) is 8.12. The monoisotopic (exact) mass is 198 g/mol. The van der Waals surface area contributed by atoms with Crippen LogP contribution < -0.4 is 11.3 Å². The van der Waals surface area contributed by atoms with E-state index in [-0.39, 0.29) is 0 Å². The van der Waals surface area contributed by atoms with Crippen LogP contribution in [0.15, 0.2) is 17.5 Å². The minimum Gasteiger partial charge on any atom is -0.271 e. The summed E-state index contributed by atoms with van der Waals surface area (Å²) >= 11 is 1.80. The van der Waals surface area contributed by atoms with Crippen LogP contribution in [-0.4, -0.2) is 6.04 Å². The van der Waals surface area contributed by atoms with Gasteiger partial charge in [0, 0.05) is 10.9 Å². The SMILES string of the molecule is CCCCC(Cc1cccs1)NN. The van der Waals surface area contributed by atoms with Crippen LogP contribution in [0.1, 0.15) is 31.1 Å². The maximum atomic E-state index is 5.48. The van der Waals surface area contributed by atoms with Gasteiger partial charge in [0.15, 0.2) is 0 Å². The Morgan fingerprint density at radius 3 is 3.00 bits per heavy atom. The molecule has 2 nitrogen and oxygen atoms in total. The normalized spacial score (nSPS) is 13.1. The van der Waals surface area contributed by atoms with E-state index >= 15 is 0 Å². The summed E-state index contributed by atoms with van der Waals surface area (Å²) in [6.45, 7) is 2.21. The van der Waals surface area contributed by atoms with E-state index < -0.39 is 0 Å². The van der Waals surface area contributed by atoms with E-state index in [0.29, 0.717) is 6.04 Å². The highest BCUT2D eigenvalue weighted by molar-refractivity contribution is 7.09. The van der Waals surface area contributed by atoms with Crippen molar-refractivity contribution in [3.63, 3.8) is 0 Å². The standard InChI is InChI=1S/C10H18N2S/c1-2-3-5-9(12-11)8-10-6-4-7-13-10/h4,6-7,9,12H,2-3,5,8,11H2,1H3. The molecule has 1 heterocycles. The molecule has 0 amide bonds. The Labute approximate surface area is 84.1 Å². The summed E-state index contributed by atoms with van der Waals surface area (Å²) in [4.78, 5) is 1.42. The quantitative estimate of drug-likeness (QED) is 0.544. The van der Waals surface area contributed by atoms with Gasteiger partial charge < -0.3 is 0 Å². The first-order valence-corrected chi connectivity index (χ1v) is 5.73. The number of thiophene rings is 1. The van der Waals surface area contributed by atoms with E-state index in [1.54, 1.807) is 11.3 Å². The van der Waals surface area contributed by atoms with Gasteiger partial charge in [-0.2, -0.15) is 0 Å². The van der Waals surface area contributed by atoms with Crippen molar-refractivity contribution in [2.24, 2.45) is 5.84 Å². The average Bonchev–Trinajstić information content (AvgIpc) is 2.64. The first kappa shape index (κ1) is 10.7. The molecule has 0 aliphatic carbocycles. The van der Waals surface area contributed by atoms with Crippen molar-refractivity contribution in [3.8, 4) is 0 Å². The second-order valence-electron chi connectivity index (χ2n) is 3.29. The molecule has 1 aromatic rings. The van der Waals surface area contributed by atoms with Gasteiger partial charge in [-0.05, 0) is 24.3 Å². The fourth-order valence-electron chi connectivity index (χ4n) is 1.37. The fourth-order valence-corrected chi connectivity index (χ4v) is 2.15. The van der Waals surface area contributed by atoms with Crippen LogP contribution >= 0.6 is 11.3 Å². The van der Waals surface area contributed by atoms with Crippen molar-refractivity contribution < 1.29 is 0 Å². The molecule has 1 atom stereocenters. The summed E-state index contributed by atoms with van der Waals surface area (Å²) in [7, 11) is 0. The summed E-state index contributed by atoms with van der Waals surface area (Å²) in [6.07, 6.45) is 4.72. The molecule has 0 bridgehead atoms. The molecular weight excluding hydrogens is 180 g/mol. The predicted molar refractivity (Wildman–Crippen MR) is 58.7 cm³/mol. The highest BCUT2D eigenvalue weighted by Crippen LogP contribution is 2.13. The Morgan fingerprint density at radius 2 is 2.46 bits per heavy atom. The smallest absolute Gasteiger partial charge is 0.0258 e. The van der Waals surface area contributed by atoms with Crippen LogP contribution in [0.3, 0.4) is 0 Å². The van der Waals surface area contributed by atoms with Crippen LogP contribution in [-0.2, 0) is 6.42 Å². The molecule has 3 heteroatoms. The van der Waals surface area contributed by atoms with Gasteiger partial charge in [-0.15, -0.1) is 11.3 Å². The molecule has 1 aromatic heterocycles. The van der Waals surface area contributed by atoms with Crippen LogP contribution in [0, 0.1) is 0 Å². The molecule has 1 rings (SSSR count). The van der Waals surface area contributed by atoms with Gasteiger partial charge in [0.2, 0.25) is 0 Å². The van der Waals surface area contributed by atoms with Gasteiger partial charge in [-0.3, -0.25) is 11.3 Å². The molecule has 0 saturated heterocycles. The van der Waals surface area contributed by atoms with E-state index in [4.69, 9.17) is 5.84 Å². The maximum absolute atomic E-state index is 5.48. The maximum Gasteiger partial charge on any atom is 0.0258 e. The Balaban J connectivity index is 2.31.